The largest absolute Gasteiger partial charge is 0.505 e. The van der Waals surface area contributed by atoms with Gasteiger partial charge in [0, 0.05) is 25.2 Å². The lowest BCUT2D eigenvalue weighted by atomic mass is 10.0. The summed E-state index contributed by atoms with van der Waals surface area (Å²) in [6, 6.07) is 12.5. The summed E-state index contributed by atoms with van der Waals surface area (Å²) < 4.78 is 19.4. The molecule has 0 radical (unpaired) electrons. The summed E-state index contributed by atoms with van der Waals surface area (Å²) in [4.78, 5) is 2.13. The molecular formula is C19H19FN2O2. The summed E-state index contributed by atoms with van der Waals surface area (Å²) in [6.45, 7) is 4.22. The van der Waals surface area contributed by atoms with Gasteiger partial charge in [-0.2, -0.15) is 5.26 Å². The van der Waals surface area contributed by atoms with Crippen LogP contribution >= 0.6 is 0 Å². The predicted octanol–water partition coefficient (Wildman–Crippen LogP) is 3.28. The van der Waals surface area contributed by atoms with Crippen molar-refractivity contribution >= 4 is 0 Å². The molecule has 2 aromatic carbocycles. The van der Waals surface area contributed by atoms with E-state index < -0.39 is 5.82 Å². The second-order valence-electron chi connectivity index (χ2n) is 6.02. The molecule has 0 aromatic heterocycles. The molecule has 1 heterocycles. The predicted molar refractivity (Wildman–Crippen MR) is 87.9 cm³/mol. The van der Waals surface area contributed by atoms with Gasteiger partial charge in [0.05, 0.1) is 24.3 Å². The van der Waals surface area contributed by atoms with Crippen LogP contribution in [0.25, 0.3) is 0 Å². The summed E-state index contributed by atoms with van der Waals surface area (Å²) in [6.07, 6.45) is -0.136. The Kier molecular flexibility index (Phi) is 4.79. The highest BCUT2D eigenvalue weighted by atomic mass is 19.1. The lowest BCUT2D eigenvalue weighted by molar-refractivity contribution is -0.0332. The van der Waals surface area contributed by atoms with Crippen molar-refractivity contribution in [3.8, 4) is 11.8 Å². The fourth-order valence-corrected chi connectivity index (χ4v) is 2.99. The molecule has 1 saturated heterocycles. The van der Waals surface area contributed by atoms with E-state index in [0.717, 1.165) is 11.1 Å². The van der Waals surface area contributed by atoms with Crippen LogP contribution in [-0.4, -0.2) is 29.7 Å². The minimum absolute atomic E-state index is 0.136. The number of aromatic hydroxyl groups is 1. The highest BCUT2D eigenvalue weighted by Crippen LogP contribution is 2.29. The molecule has 1 fully saturated rings. The second-order valence-corrected chi connectivity index (χ2v) is 6.02. The summed E-state index contributed by atoms with van der Waals surface area (Å²) >= 11 is 0. The molecule has 0 aliphatic carbocycles. The zero-order chi connectivity index (χ0) is 17.1. The maximum atomic E-state index is 13.6. The number of benzene rings is 2. The van der Waals surface area contributed by atoms with Crippen LogP contribution in [0.15, 0.2) is 36.4 Å². The number of halogens is 1. The molecule has 0 saturated carbocycles. The van der Waals surface area contributed by atoms with Crippen LogP contribution < -0.4 is 0 Å². The van der Waals surface area contributed by atoms with Crippen LogP contribution in [0.5, 0.6) is 5.75 Å². The SMILES string of the molecule is Cc1ccc(F)c(O)c1CN1CCOC(c2cccc(C#N)c2)C1. The van der Waals surface area contributed by atoms with Crippen molar-refractivity contribution in [2.24, 2.45) is 0 Å². The van der Waals surface area contributed by atoms with Crippen molar-refractivity contribution in [2.75, 3.05) is 19.7 Å². The molecule has 0 bridgehead atoms. The van der Waals surface area contributed by atoms with Crippen molar-refractivity contribution in [2.45, 2.75) is 19.6 Å². The van der Waals surface area contributed by atoms with E-state index in [-0.39, 0.29) is 11.9 Å². The smallest absolute Gasteiger partial charge is 0.165 e. The van der Waals surface area contributed by atoms with Gasteiger partial charge in [0.25, 0.3) is 0 Å². The Hall–Kier alpha value is -2.42. The van der Waals surface area contributed by atoms with Gasteiger partial charge in [-0.3, -0.25) is 4.90 Å². The molecule has 1 unspecified atom stereocenters. The molecule has 1 aliphatic rings. The fourth-order valence-electron chi connectivity index (χ4n) is 2.99. The summed E-state index contributed by atoms with van der Waals surface area (Å²) in [5, 5.41) is 19.0. The molecule has 4 nitrogen and oxygen atoms in total. The normalized spacial score (nSPS) is 18.3. The summed E-state index contributed by atoms with van der Waals surface area (Å²) in [5.74, 6) is -0.869. The zero-order valence-corrected chi connectivity index (χ0v) is 13.5. The topological polar surface area (TPSA) is 56.5 Å². The van der Waals surface area contributed by atoms with Crippen molar-refractivity contribution in [1.82, 2.24) is 4.90 Å². The maximum absolute atomic E-state index is 13.6. The highest BCUT2D eigenvalue weighted by molar-refractivity contribution is 5.40. The average Bonchev–Trinajstić information content (AvgIpc) is 2.62. The van der Waals surface area contributed by atoms with Gasteiger partial charge in [-0.05, 0) is 36.2 Å². The van der Waals surface area contributed by atoms with E-state index >= 15 is 0 Å². The Morgan fingerprint density at radius 2 is 2.21 bits per heavy atom. The Bertz CT molecular complexity index is 785. The van der Waals surface area contributed by atoms with Crippen LogP contribution in [-0.2, 0) is 11.3 Å². The Balaban J connectivity index is 1.77. The van der Waals surface area contributed by atoms with Gasteiger partial charge < -0.3 is 9.84 Å². The summed E-state index contributed by atoms with van der Waals surface area (Å²) in [7, 11) is 0. The minimum Gasteiger partial charge on any atom is -0.505 e. The van der Waals surface area contributed by atoms with Gasteiger partial charge in [0.15, 0.2) is 11.6 Å². The third kappa shape index (κ3) is 3.40. The molecular weight excluding hydrogens is 307 g/mol. The molecule has 0 amide bonds. The van der Waals surface area contributed by atoms with E-state index in [1.54, 1.807) is 12.1 Å². The third-order valence-corrected chi connectivity index (χ3v) is 4.39. The van der Waals surface area contributed by atoms with E-state index in [1.807, 2.05) is 25.1 Å². The lowest BCUT2D eigenvalue weighted by Gasteiger charge is -2.33. The van der Waals surface area contributed by atoms with Crippen LogP contribution in [0.2, 0.25) is 0 Å². The van der Waals surface area contributed by atoms with E-state index in [4.69, 9.17) is 10.00 Å². The average molecular weight is 326 g/mol. The van der Waals surface area contributed by atoms with E-state index in [9.17, 15) is 9.50 Å². The maximum Gasteiger partial charge on any atom is 0.165 e. The molecule has 3 rings (SSSR count). The number of ether oxygens (including phenoxy) is 1. The zero-order valence-electron chi connectivity index (χ0n) is 13.5. The van der Waals surface area contributed by atoms with E-state index in [2.05, 4.69) is 11.0 Å². The molecule has 1 atom stereocenters. The minimum atomic E-state index is -0.595. The molecule has 24 heavy (non-hydrogen) atoms. The number of hydrogen-bond donors (Lipinski definition) is 1. The third-order valence-electron chi connectivity index (χ3n) is 4.39. The molecule has 1 N–H and O–H groups in total. The van der Waals surface area contributed by atoms with Crippen molar-refractivity contribution in [3.05, 3.63) is 64.5 Å². The first-order chi connectivity index (χ1) is 11.6. The van der Waals surface area contributed by atoms with Gasteiger partial charge in [-0.15, -0.1) is 0 Å². The van der Waals surface area contributed by atoms with Gasteiger partial charge in [0.2, 0.25) is 0 Å². The second kappa shape index (κ2) is 7.00. The number of phenolic OH excluding ortho intramolecular Hbond substituents is 1. The number of hydrogen-bond acceptors (Lipinski definition) is 4. The first-order valence-corrected chi connectivity index (χ1v) is 7.89. The number of phenols is 1. The van der Waals surface area contributed by atoms with E-state index in [0.29, 0.717) is 37.4 Å². The molecule has 0 spiro atoms. The molecule has 5 heteroatoms. The Morgan fingerprint density at radius 1 is 1.38 bits per heavy atom. The lowest BCUT2D eigenvalue weighted by Crippen LogP contribution is -2.38. The summed E-state index contributed by atoms with van der Waals surface area (Å²) in [5.41, 5.74) is 3.04. The van der Waals surface area contributed by atoms with Crippen LogP contribution in [0.3, 0.4) is 0 Å². The number of aryl methyl sites for hydroxylation is 1. The first-order valence-electron chi connectivity index (χ1n) is 7.89. The van der Waals surface area contributed by atoms with Crippen molar-refractivity contribution in [1.29, 1.82) is 5.26 Å². The van der Waals surface area contributed by atoms with Gasteiger partial charge in [-0.25, -0.2) is 4.39 Å². The first kappa shape index (κ1) is 16.4. The Labute approximate surface area is 140 Å². The van der Waals surface area contributed by atoms with Gasteiger partial charge in [-0.1, -0.05) is 18.2 Å². The van der Waals surface area contributed by atoms with Crippen molar-refractivity contribution in [3.63, 3.8) is 0 Å². The van der Waals surface area contributed by atoms with Gasteiger partial charge >= 0.3 is 0 Å². The molecule has 2 aromatic rings. The molecule has 124 valence electrons. The number of nitriles is 1. The van der Waals surface area contributed by atoms with Crippen LogP contribution in [0.4, 0.5) is 4.39 Å². The monoisotopic (exact) mass is 326 g/mol. The van der Waals surface area contributed by atoms with E-state index in [1.165, 1.54) is 6.07 Å². The van der Waals surface area contributed by atoms with Crippen molar-refractivity contribution < 1.29 is 14.2 Å². The standard InChI is InChI=1S/C19H19FN2O2/c1-13-5-6-17(20)19(23)16(13)11-22-7-8-24-18(12-22)15-4-2-3-14(9-15)10-21/h2-6,9,18,23H,7-8,11-12H2,1H3. The number of nitrogens with zero attached hydrogens (tertiary/aromatic N) is 2. The quantitative estimate of drug-likeness (QED) is 0.940. The highest BCUT2D eigenvalue weighted by Gasteiger charge is 2.24. The Morgan fingerprint density at radius 3 is 3.00 bits per heavy atom. The number of rotatable bonds is 3. The van der Waals surface area contributed by atoms with Crippen LogP contribution in [0.1, 0.15) is 28.4 Å². The fraction of sp³-hybridized carbons (Fsp3) is 0.316. The number of morpholine rings is 1. The van der Waals surface area contributed by atoms with Gasteiger partial charge in [0.1, 0.15) is 0 Å². The molecule has 1 aliphatic heterocycles. The van der Waals surface area contributed by atoms with Crippen LogP contribution in [0, 0.1) is 24.1 Å².